The number of rotatable bonds is 5. The maximum Gasteiger partial charge on any atom is 0.263 e. The van der Waals surface area contributed by atoms with Crippen LogP contribution in [0, 0.1) is 5.41 Å². The standard InChI is InChI=1S/C19H20FN7O2/c20-7-11-2-4-27-17(24-11)15(16(21)26-27)18(28)25-13-8-22-3-1-14(13)29-12-5-19(6-12)9-23-10-19/h1-4,8,12,23H,5-7,9-10H2,(H2,21,26)(H,25,28). The normalized spacial score (nSPS) is 17.7. The van der Waals surface area contributed by atoms with Gasteiger partial charge in [0.25, 0.3) is 5.91 Å². The van der Waals surface area contributed by atoms with Gasteiger partial charge in [-0.05, 0) is 18.9 Å². The minimum Gasteiger partial charge on any atom is -0.488 e. The second-order valence-corrected chi connectivity index (χ2v) is 7.66. The van der Waals surface area contributed by atoms with Gasteiger partial charge in [-0.2, -0.15) is 0 Å². The molecule has 2 fully saturated rings. The largest absolute Gasteiger partial charge is 0.488 e. The number of nitrogen functional groups attached to an aromatic ring is 1. The molecule has 1 aliphatic heterocycles. The molecular weight excluding hydrogens is 377 g/mol. The Bertz CT molecular complexity index is 1090. The molecule has 0 unspecified atom stereocenters. The second kappa shape index (κ2) is 6.66. The minimum atomic E-state index is -0.748. The third kappa shape index (κ3) is 3.05. The van der Waals surface area contributed by atoms with Gasteiger partial charge >= 0.3 is 0 Å². The van der Waals surface area contributed by atoms with Crippen molar-refractivity contribution in [1.82, 2.24) is 24.9 Å². The molecule has 4 N–H and O–H groups in total. The first-order chi connectivity index (χ1) is 14.1. The van der Waals surface area contributed by atoms with E-state index in [0.717, 1.165) is 25.9 Å². The van der Waals surface area contributed by atoms with E-state index >= 15 is 0 Å². The van der Waals surface area contributed by atoms with Crippen LogP contribution >= 0.6 is 0 Å². The van der Waals surface area contributed by atoms with Crippen molar-refractivity contribution < 1.29 is 13.9 Å². The van der Waals surface area contributed by atoms with Crippen LogP contribution in [0.3, 0.4) is 0 Å². The van der Waals surface area contributed by atoms with E-state index in [4.69, 9.17) is 10.5 Å². The van der Waals surface area contributed by atoms with E-state index in [1.54, 1.807) is 12.3 Å². The summed E-state index contributed by atoms with van der Waals surface area (Å²) in [4.78, 5) is 21.1. The van der Waals surface area contributed by atoms with E-state index in [1.807, 2.05) is 0 Å². The molecule has 150 valence electrons. The molecule has 1 aliphatic carbocycles. The summed E-state index contributed by atoms with van der Waals surface area (Å²) in [6.07, 6.45) is 6.76. The lowest BCUT2D eigenvalue weighted by Crippen LogP contribution is -2.62. The number of nitrogens with one attached hydrogen (secondary N) is 2. The zero-order chi connectivity index (χ0) is 20.0. The molecule has 0 radical (unpaired) electrons. The summed E-state index contributed by atoms with van der Waals surface area (Å²) in [5, 5.41) is 10.1. The summed E-state index contributed by atoms with van der Waals surface area (Å²) in [7, 11) is 0. The predicted octanol–water partition coefficient (Wildman–Crippen LogP) is 1.56. The minimum absolute atomic E-state index is 0.00999. The monoisotopic (exact) mass is 397 g/mol. The molecule has 1 saturated heterocycles. The van der Waals surface area contributed by atoms with Gasteiger partial charge in [-0.15, -0.1) is 5.10 Å². The van der Waals surface area contributed by atoms with Crippen LogP contribution in [0.1, 0.15) is 28.9 Å². The summed E-state index contributed by atoms with van der Waals surface area (Å²) in [5.41, 5.74) is 7.21. The van der Waals surface area contributed by atoms with Crippen LogP contribution < -0.4 is 21.1 Å². The fraction of sp³-hybridized carbons (Fsp3) is 0.368. The third-order valence-electron chi connectivity index (χ3n) is 5.58. The van der Waals surface area contributed by atoms with Crippen LogP contribution in [0.5, 0.6) is 5.75 Å². The molecule has 1 saturated carbocycles. The Morgan fingerprint density at radius 2 is 2.24 bits per heavy atom. The number of anilines is 2. The Kier molecular flexibility index (Phi) is 4.09. The van der Waals surface area contributed by atoms with Gasteiger partial charge in [-0.3, -0.25) is 9.78 Å². The molecule has 0 bridgehead atoms. The number of halogens is 1. The van der Waals surface area contributed by atoms with Gasteiger partial charge in [0.2, 0.25) is 0 Å². The fourth-order valence-electron chi connectivity index (χ4n) is 3.98. The summed E-state index contributed by atoms with van der Waals surface area (Å²) in [6, 6.07) is 3.20. The first kappa shape index (κ1) is 17.8. The molecule has 2 aliphatic rings. The average Bonchev–Trinajstić information content (AvgIpc) is 2.98. The zero-order valence-electron chi connectivity index (χ0n) is 15.6. The SMILES string of the molecule is Nc1nn2ccc(CF)nc2c1C(=O)Nc1cnccc1OC1CC2(CNC2)C1. The van der Waals surface area contributed by atoms with Crippen molar-refractivity contribution in [3.63, 3.8) is 0 Å². The summed E-state index contributed by atoms with van der Waals surface area (Å²) < 4.78 is 20.4. The van der Waals surface area contributed by atoms with Gasteiger partial charge in [0.1, 0.15) is 29.8 Å². The highest BCUT2D eigenvalue weighted by Gasteiger charge is 2.49. The number of aromatic nitrogens is 4. The van der Waals surface area contributed by atoms with Crippen LogP contribution in [0.2, 0.25) is 0 Å². The smallest absolute Gasteiger partial charge is 0.263 e. The molecule has 0 aromatic carbocycles. The van der Waals surface area contributed by atoms with Crippen LogP contribution in [-0.4, -0.2) is 44.7 Å². The Balaban J connectivity index is 1.37. The number of amides is 1. The molecule has 5 rings (SSSR count). The van der Waals surface area contributed by atoms with Crippen molar-refractivity contribution in [3.8, 4) is 5.75 Å². The summed E-state index contributed by atoms with van der Waals surface area (Å²) >= 11 is 0. The van der Waals surface area contributed by atoms with Crippen LogP contribution in [0.25, 0.3) is 5.65 Å². The maximum atomic E-state index is 13.0. The molecular formula is C19H20FN7O2. The number of hydrogen-bond acceptors (Lipinski definition) is 7. The van der Waals surface area contributed by atoms with Crippen molar-refractivity contribution in [1.29, 1.82) is 0 Å². The second-order valence-electron chi connectivity index (χ2n) is 7.66. The molecule has 3 aromatic rings. The van der Waals surface area contributed by atoms with Crippen molar-refractivity contribution >= 4 is 23.1 Å². The number of carbonyl (C=O) groups excluding carboxylic acids is 1. The van der Waals surface area contributed by atoms with Gasteiger partial charge < -0.3 is 21.1 Å². The summed E-state index contributed by atoms with van der Waals surface area (Å²) in [6.45, 7) is 1.32. The highest BCUT2D eigenvalue weighted by molar-refractivity contribution is 6.12. The van der Waals surface area contributed by atoms with E-state index < -0.39 is 12.6 Å². The Labute approximate surface area is 165 Å². The quantitative estimate of drug-likeness (QED) is 0.598. The van der Waals surface area contributed by atoms with Crippen molar-refractivity contribution in [3.05, 3.63) is 42.0 Å². The number of alkyl halides is 1. The Morgan fingerprint density at radius 3 is 2.97 bits per heavy atom. The van der Waals surface area contributed by atoms with E-state index in [9.17, 15) is 9.18 Å². The first-order valence-corrected chi connectivity index (χ1v) is 9.39. The van der Waals surface area contributed by atoms with Gasteiger partial charge in [0.15, 0.2) is 11.5 Å². The van der Waals surface area contributed by atoms with Crippen molar-refractivity contribution in [2.45, 2.75) is 25.6 Å². The van der Waals surface area contributed by atoms with E-state index in [-0.39, 0.29) is 28.8 Å². The van der Waals surface area contributed by atoms with Crippen LogP contribution in [-0.2, 0) is 6.67 Å². The van der Waals surface area contributed by atoms with Crippen molar-refractivity contribution in [2.24, 2.45) is 5.41 Å². The van der Waals surface area contributed by atoms with E-state index in [2.05, 4.69) is 25.7 Å². The summed E-state index contributed by atoms with van der Waals surface area (Å²) in [5.74, 6) is 0.0517. The molecule has 29 heavy (non-hydrogen) atoms. The van der Waals surface area contributed by atoms with Crippen molar-refractivity contribution in [2.75, 3.05) is 24.1 Å². The predicted molar refractivity (Wildman–Crippen MR) is 103 cm³/mol. The number of fused-ring (bicyclic) bond motifs is 1. The highest BCUT2D eigenvalue weighted by Crippen LogP contribution is 2.46. The highest BCUT2D eigenvalue weighted by atomic mass is 19.1. The molecule has 3 aromatic heterocycles. The number of ether oxygens (including phenoxy) is 1. The topological polar surface area (TPSA) is 119 Å². The lowest BCUT2D eigenvalue weighted by molar-refractivity contribution is -0.0492. The van der Waals surface area contributed by atoms with E-state index in [0.29, 0.717) is 16.9 Å². The molecule has 1 spiro atoms. The number of nitrogens with zero attached hydrogens (tertiary/aromatic N) is 4. The molecule has 9 nitrogen and oxygen atoms in total. The zero-order valence-corrected chi connectivity index (χ0v) is 15.6. The number of nitrogens with two attached hydrogens (primary N) is 1. The van der Waals surface area contributed by atoms with Gasteiger partial charge in [-0.1, -0.05) is 0 Å². The lowest BCUT2D eigenvalue weighted by Gasteiger charge is -2.53. The number of pyridine rings is 1. The van der Waals surface area contributed by atoms with Gasteiger partial charge in [0.05, 0.1) is 11.9 Å². The average molecular weight is 397 g/mol. The van der Waals surface area contributed by atoms with E-state index in [1.165, 1.54) is 23.0 Å². The maximum absolute atomic E-state index is 13.0. The van der Waals surface area contributed by atoms with Gasteiger partial charge in [0, 0.05) is 37.0 Å². The third-order valence-corrected chi connectivity index (χ3v) is 5.58. The molecule has 1 amide bonds. The van der Waals surface area contributed by atoms with Crippen LogP contribution in [0.4, 0.5) is 15.9 Å². The number of carbonyl (C=O) groups is 1. The lowest BCUT2D eigenvalue weighted by atomic mass is 9.63. The molecule has 0 atom stereocenters. The molecule has 10 heteroatoms. The first-order valence-electron chi connectivity index (χ1n) is 9.39. The Hall–Kier alpha value is -3.27. The molecule has 4 heterocycles. The number of hydrogen-bond donors (Lipinski definition) is 3. The Morgan fingerprint density at radius 1 is 1.41 bits per heavy atom. The fourth-order valence-corrected chi connectivity index (χ4v) is 3.98. The van der Waals surface area contributed by atoms with Gasteiger partial charge in [-0.25, -0.2) is 13.9 Å². The van der Waals surface area contributed by atoms with Crippen LogP contribution in [0.15, 0.2) is 30.7 Å².